The molecule has 0 saturated heterocycles. The lowest BCUT2D eigenvalue weighted by Gasteiger charge is -2.03. The van der Waals surface area contributed by atoms with E-state index in [1.165, 1.54) is 6.08 Å². The van der Waals surface area contributed by atoms with Crippen LogP contribution in [0.2, 0.25) is 5.02 Å². The molecular formula is C14H10ClNO2. The van der Waals surface area contributed by atoms with E-state index in [4.69, 9.17) is 11.6 Å². The fourth-order valence-electron chi connectivity index (χ4n) is 1.51. The van der Waals surface area contributed by atoms with Gasteiger partial charge in [0, 0.05) is 11.2 Å². The Kier molecular flexibility index (Phi) is 3.75. The van der Waals surface area contributed by atoms with Crippen LogP contribution in [0, 0.1) is 0 Å². The zero-order chi connectivity index (χ0) is 13.0. The fourth-order valence-corrected chi connectivity index (χ4v) is 1.71. The molecular weight excluding hydrogens is 250 g/mol. The highest BCUT2D eigenvalue weighted by Gasteiger charge is 2.12. The molecule has 90 valence electrons. The monoisotopic (exact) mass is 259 g/mol. The minimum atomic E-state index is -1.03. The predicted molar refractivity (Wildman–Crippen MR) is 71.2 cm³/mol. The number of aliphatic carboxylic acids is 1. The Morgan fingerprint density at radius 3 is 2.50 bits per heavy atom. The molecule has 0 spiro atoms. The molecule has 0 atom stereocenters. The highest BCUT2D eigenvalue weighted by atomic mass is 35.5. The minimum absolute atomic E-state index is 0.115. The van der Waals surface area contributed by atoms with Crippen molar-refractivity contribution in [1.29, 1.82) is 0 Å². The average Bonchev–Trinajstić information content (AvgIpc) is 2.38. The molecule has 0 fully saturated rings. The predicted octanol–water partition coefficient (Wildman–Crippen LogP) is 3.36. The Morgan fingerprint density at radius 1 is 1.17 bits per heavy atom. The van der Waals surface area contributed by atoms with Gasteiger partial charge in [0.25, 0.3) is 0 Å². The molecule has 0 aliphatic heterocycles. The van der Waals surface area contributed by atoms with Gasteiger partial charge in [0.15, 0.2) is 0 Å². The third-order valence-corrected chi connectivity index (χ3v) is 2.72. The molecule has 2 aromatic rings. The van der Waals surface area contributed by atoms with Gasteiger partial charge in [-0.1, -0.05) is 35.9 Å². The first-order valence-corrected chi connectivity index (χ1v) is 5.67. The third-order valence-electron chi connectivity index (χ3n) is 2.38. The summed E-state index contributed by atoms with van der Waals surface area (Å²) in [5.74, 6) is -1.03. The molecule has 4 heteroatoms. The van der Waals surface area contributed by atoms with Crippen molar-refractivity contribution in [3.8, 4) is 0 Å². The van der Waals surface area contributed by atoms with Crippen molar-refractivity contribution in [3.05, 3.63) is 64.9 Å². The number of pyridine rings is 1. The number of aromatic nitrogens is 1. The Balaban J connectivity index is 2.50. The molecule has 0 unspecified atom stereocenters. The Hall–Kier alpha value is -2.13. The first-order valence-electron chi connectivity index (χ1n) is 5.29. The van der Waals surface area contributed by atoms with E-state index in [0.29, 0.717) is 16.3 Å². The summed E-state index contributed by atoms with van der Waals surface area (Å²) in [6, 6.07) is 12.2. The summed E-state index contributed by atoms with van der Waals surface area (Å²) in [6.45, 7) is 0. The number of hydrogen-bond donors (Lipinski definition) is 1. The van der Waals surface area contributed by atoms with E-state index in [1.54, 1.807) is 48.7 Å². The van der Waals surface area contributed by atoms with Crippen LogP contribution in [0.4, 0.5) is 0 Å². The second kappa shape index (κ2) is 5.47. The van der Waals surface area contributed by atoms with E-state index < -0.39 is 5.97 Å². The lowest BCUT2D eigenvalue weighted by atomic mass is 10.1. The Morgan fingerprint density at radius 2 is 1.89 bits per heavy atom. The van der Waals surface area contributed by atoms with Crippen molar-refractivity contribution in [2.75, 3.05) is 0 Å². The number of halogens is 1. The van der Waals surface area contributed by atoms with Gasteiger partial charge in [-0.15, -0.1) is 0 Å². The number of carboxylic acid groups (broad SMARTS) is 1. The second-order valence-electron chi connectivity index (χ2n) is 3.60. The van der Waals surface area contributed by atoms with Gasteiger partial charge in [-0.05, 0) is 29.8 Å². The van der Waals surface area contributed by atoms with Gasteiger partial charge in [0.2, 0.25) is 0 Å². The van der Waals surface area contributed by atoms with E-state index in [2.05, 4.69) is 4.98 Å². The second-order valence-corrected chi connectivity index (χ2v) is 4.01. The van der Waals surface area contributed by atoms with Crippen molar-refractivity contribution in [3.63, 3.8) is 0 Å². The van der Waals surface area contributed by atoms with Crippen molar-refractivity contribution < 1.29 is 9.90 Å². The highest BCUT2D eigenvalue weighted by molar-refractivity contribution is 6.33. The van der Waals surface area contributed by atoms with Crippen LogP contribution >= 0.6 is 11.6 Å². The van der Waals surface area contributed by atoms with Crippen molar-refractivity contribution in [2.45, 2.75) is 0 Å². The number of rotatable bonds is 3. The molecule has 1 heterocycles. The maximum Gasteiger partial charge on any atom is 0.337 e. The van der Waals surface area contributed by atoms with Crippen LogP contribution in [0.5, 0.6) is 0 Å². The molecule has 0 bridgehead atoms. The number of nitrogens with zero attached hydrogens (tertiary/aromatic N) is 1. The molecule has 0 saturated carbocycles. The quantitative estimate of drug-likeness (QED) is 0.860. The minimum Gasteiger partial charge on any atom is -0.478 e. The van der Waals surface area contributed by atoms with E-state index in [-0.39, 0.29) is 5.57 Å². The lowest BCUT2D eigenvalue weighted by Crippen LogP contribution is -2.01. The molecule has 0 radical (unpaired) electrons. The molecule has 1 aromatic carbocycles. The van der Waals surface area contributed by atoms with Gasteiger partial charge in [0.1, 0.15) is 0 Å². The molecule has 3 nitrogen and oxygen atoms in total. The zero-order valence-corrected chi connectivity index (χ0v) is 10.1. The fraction of sp³-hybridized carbons (Fsp3) is 0. The summed E-state index contributed by atoms with van der Waals surface area (Å²) in [6.07, 6.45) is 3.08. The van der Waals surface area contributed by atoms with Gasteiger partial charge in [-0.25, -0.2) is 4.79 Å². The number of carboxylic acids is 1. The van der Waals surface area contributed by atoms with Crippen LogP contribution in [0.1, 0.15) is 11.3 Å². The van der Waals surface area contributed by atoms with E-state index in [9.17, 15) is 9.90 Å². The Labute approximate surface area is 109 Å². The summed E-state index contributed by atoms with van der Waals surface area (Å²) in [4.78, 5) is 15.3. The lowest BCUT2D eigenvalue weighted by molar-refractivity contribution is -0.130. The first-order chi connectivity index (χ1) is 8.68. The molecule has 1 N–H and O–H groups in total. The van der Waals surface area contributed by atoms with Gasteiger partial charge in [-0.3, -0.25) is 4.98 Å². The van der Waals surface area contributed by atoms with Crippen LogP contribution < -0.4 is 0 Å². The van der Waals surface area contributed by atoms with Crippen LogP contribution in [0.15, 0.2) is 48.7 Å². The van der Waals surface area contributed by atoms with E-state index in [1.807, 2.05) is 0 Å². The smallest absolute Gasteiger partial charge is 0.337 e. The van der Waals surface area contributed by atoms with Crippen LogP contribution in [0.25, 0.3) is 11.6 Å². The number of hydrogen-bond acceptors (Lipinski definition) is 2. The summed E-state index contributed by atoms with van der Waals surface area (Å²) < 4.78 is 0. The van der Waals surface area contributed by atoms with Gasteiger partial charge < -0.3 is 5.11 Å². The Bertz CT molecular complexity index is 594. The maximum absolute atomic E-state index is 11.3. The largest absolute Gasteiger partial charge is 0.478 e. The van der Waals surface area contributed by atoms with Crippen molar-refractivity contribution in [1.82, 2.24) is 4.98 Å². The number of benzene rings is 1. The van der Waals surface area contributed by atoms with E-state index in [0.717, 1.165) is 0 Å². The summed E-state index contributed by atoms with van der Waals surface area (Å²) in [5, 5.41) is 9.73. The van der Waals surface area contributed by atoms with E-state index >= 15 is 0 Å². The summed E-state index contributed by atoms with van der Waals surface area (Å²) in [5.41, 5.74) is 1.18. The molecule has 2 rings (SSSR count). The van der Waals surface area contributed by atoms with Crippen molar-refractivity contribution in [2.24, 2.45) is 0 Å². The van der Waals surface area contributed by atoms with Gasteiger partial charge >= 0.3 is 5.97 Å². The topological polar surface area (TPSA) is 50.2 Å². The zero-order valence-electron chi connectivity index (χ0n) is 9.38. The third kappa shape index (κ3) is 2.76. The standard InChI is InChI=1S/C14H10ClNO2/c15-12-6-2-1-5-10(12)9-11(14(17)18)13-7-3-4-8-16-13/h1-9H,(H,17,18)/b11-9+. The molecule has 1 aromatic heterocycles. The summed E-state index contributed by atoms with van der Waals surface area (Å²) in [7, 11) is 0. The van der Waals surface area contributed by atoms with Crippen LogP contribution in [-0.4, -0.2) is 16.1 Å². The molecule has 18 heavy (non-hydrogen) atoms. The maximum atomic E-state index is 11.3. The summed E-state index contributed by atoms with van der Waals surface area (Å²) >= 11 is 6.00. The molecule has 0 aliphatic carbocycles. The highest BCUT2D eigenvalue weighted by Crippen LogP contribution is 2.22. The van der Waals surface area contributed by atoms with Gasteiger partial charge in [0.05, 0.1) is 11.3 Å². The van der Waals surface area contributed by atoms with Crippen molar-refractivity contribution >= 4 is 29.2 Å². The molecule has 0 amide bonds. The van der Waals surface area contributed by atoms with Gasteiger partial charge in [-0.2, -0.15) is 0 Å². The average molecular weight is 260 g/mol. The normalized spacial score (nSPS) is 11.3. The van der Waals surface area contributed by atoms with Crippen LogP contribution in [-0.2, 0) is 4.79 Å². The number of carbonyl (C=O) groups is 1. The first kappa shape index (κ1) is 12.3. The van der Waals surface area contributed by atoms with Crippen LogP contribution in [0.3, 0.4) is 0 Å². The SMILES string of the molecule is O=C(O)/C(=C/c1ccccc1Cl)c1ccccn1. The molecule has 0 aliphatic rings.